The van der Waals surface area contributed by atoms with E-state index in [2.05, 4.69) is 30.5 Å². The van der Waals surface area contributed by atoms with Gasteiger partial charge < -0.3 is 10.3 Å². The number of rotatable bonds is 5. The highest BCUT2D eigenvalue weighted by molar-refractivity contribution is 6.39. The minimum Gasteiger partial charge on any atom is -0.359 e. The second kappa shape index (κ2) is 7.88. The molecule has 0 bridgehead atoms. The molecule has 1 atom stereocenters. The van der Waals surface area contributed by atoms with Crippen LogP contribution >= 0.6 is 23.2 Å². The molecule has 0 aliphatic heterocycles. The molecular formula is C20H15Cl2FN8O. The molecule has 162 valence electrons. The lowest BCUT2D eigenvalue weighted by Gasteiger charge is -2.22. The fourth-order valence-corrected chi connectivity index (χ4v) is 4.06. The van der Waals surface area contributed by atoms with Gasteiger partial charge in [0.15, 0.2) is 5.82 Å². The second-order valence-corrected chi connectivity index (χ2v) is 7.81. The topological polar surface area (TPSA) is 117 Å². The van der Waals surface area contributed by atoms with Crippen molar-refractivity contribution in [2.75, 3.05) is 5.32 Å². The Hall–Kier alpha value is -3.50. The first-order chi connectivity index (χ1) is 15.5. The molecule has 0 spiro atoms. The van der Waals surface area contributed by atoms with E-state index in [1.54, 1.807) is 18.2 Å². The monoisotopic (exact) mass is 472 g/mol. The van der Waals surface area contributed by atoms with Crippen LogP contribution in [0.25, 0.3) is 27.8 Å². The van der Waals surface area contributed by atoms with Gasteiger partial charge in [0.1, 0.15) is 29.4 Å². The number of fused-ring (bicyclic) bond motifs is 2. The Bertz CT molecular complexity index is 1510. The van der Waals surface area contributed by atoms with Crippen molar-refractivity contribution in [2.45, 2.75) is 19.4 Å². The molecule has 1 aromatic carbocycles. The van der Waals surface area contributed by atoms with Gasteiger partial charge in [-0.15, -0.1) is 0 Å². The molecule has 0 aliphatic rings. The third kappa shape index (κ3) is 3.19. The van der Waals surface area contributed by atoms with Crippen LogP contribution in [0.5, 0.6) is 0 Å². The molecule has 0 aliphatic carbocycles. The lowest BCUT2D eigenvalue weighted by Crippen LogP contribution is -2.29. The van der Waals surface area contributed by atoms with Crippen molar-refractivity contribution < 1.29 is 4.39 Å². The maximum absolute atomic E-state index is 14.4. The van der Waals surface area contributed by atoms with E-state index in [9.17, 15) is 9.18 Å². The Labute approximate surface area is 189 Å². The number of aromatic nitrogens is 7. The third-order valence-corrected chi connectivity index (χ3v) is 5.75. The van der Waals surface area contributed by atoms with Crippen molar-refractivity contribution >= 4 is 51.0 Å². The third-order valence-electron chi connectivity index (χ3n) is 5.13. The summed E-state index contributed by atoms with van der Waals surface area (Å²) in [4.78, 5) is 29.2. The Kier molecular flexibility index (Phi) is 5.03. The van der Waals surface area contributed by atoms with Crippen LogP contribution in [0.3, 0.4) is 0 Å². The Morgan fingerprint density at radius 3 is 2.75 bits per heavy atom. The normalized spacial score (nSPS) is 12.5. The maximum atomic E-state index is 14.4. The molecule has 3 N–H and O–H groups in total. The molecule has 32 heavy (non-hydrogen) atoms. The molecule has 5 rings (SSSR count). The van der Waals surface area contributed by atoms with E-state index in [1.165, 1.54) is 23.3 Å². The van der Waals surface area contributed by atoms with Gasteiger partial charge in [-0.05, 0) is 18.6 Å². The first-order valence-corrected chi connectivity index (χ1v) is 10.4. The average molecular weight is 473 g/mol. The number of nitrogens with zero attached hydrogens (tertiary/aromatic N) is 5. The van der Waals surface area contributed by atoms with E-state index in [-0.39, 0.29) is 32.2 Å². The number of anilines is 1. The average Bonchev–Trinajstić information content (AvgIpc) is 3.45. The first-order valence-electron chi connectivity index (χ1n) is 9.64. The van der Waals surface area contributed by atoms with Crippen LogP contribution in [0.1, 0.15) is 25.2 Å². The standard InChI is InChI=1S/C20H15Cl2FN8O/c1-2-12(28-18-15-11(23)7-24-17(15)25-8-26-18)19-29-16-10(22)4-3-9(21)14(16)20(32)31(19)13-5-6-27-30-13/h3-8,12H,2H2,1H3,(H,27,30)(H2,24,25,26,28)/t12-/m0/s1. The molecule has 4 aromatic heterocycles. The summed E-state index contributed by atoms with van der Waals surface area (Å²) < 4.78 is 15.7. The Morgan fingerprint density at radius 1 is 1.19 bits per heavy atom. The lowest BCUT2D eigenvalue weighted by atomic mass is 10.1. The minimum atomic E-state index is -0.544. The van der Waals surface area contributed by atoms with Gasteiger partial charge in [0.2, 0.25) is 0 Å². The second-order valence-electron chi connectivity index (χ2n) is 6.99. The van der Waals surface area contributed by atoms with Gasteiger partial charge in [0.05, 0.1) is 38.6 Å². The number of halogens is 3. The number of benzene rings is 1. The van der Waals surface area contributed by atoms with E-state index in [0.717, 1.165) is 0 Å². The molecule has 0 saturated heterocycles. The summed E-state index contributed by atoms with van der Waals surface area (Å²) in [6, 6.07) is 4.23. The summed E-state index contributed by atoms with van der Waals surface area (Å²) in [6.07, 6.45) is 4.54. The smallest absolute Gasteiger partial charge is 0.268 e. The van der Waals surface area contributed by atoms with Crippen LogP contribution in [-0.4, -0.2) is 34.7 Å². The van der Waals surface area contributed by atoms with E-state index in [0.29, 0.717) is 23.7 Å². The molecule has 0 fully saturated rings. The highest BCUT2D eigenvalue weighted by Crippen LogP contribution is 2.31. The summed E-state index contributed by atoms with van der Waals surface area (Å²) >= 11 is 12.7. The molecular weight excluding hydrogens is 458 g/mol. The fraction of sp³-hybridized carbons (Fsp3) is 0.150. The molecule has 0 radical (unpaired) electrons. The van der Waals surface area contributed by atoms with Crippen LogP contribution in [0.15, 0.2) is 41.7 Å². The van der Waals surface area contributed by atoms with Crippen molar-refractivity contribution in [3.05, 3.63) is 69.0 Å². The van der Waals surface area contributed by atoms with Crippen LogP contribution in [-0.2, 0) is 0 Å². The van der Waals surface area contributed by atoms with Crippen molar-refractivity contribution in [2.24, 2.45) is 0 Å². The number of aromatic amines is 2. The van der Waals surface area contributed by atoms with Crippen LogP contribution in [0, 0.1) is 5.82 Å². The van der Waals surface area contributed by atoms with Gasteiger partial charge in [-0.1, -0.05) is 30.1 Å². The highest BCUT2D eigenvalue weighted by atomic mass is 35.5. The maximum Gasteiger partial charge on any atom is 0.268 e. The number of hydrogen-bond acceptors (Lipinski definition) is 6. The van der Waals surface area contributed by atoms with Gasteiger partial charge in [-0.25, -0.2) is 23.9 Å². The van der Waals surface area contributed by atoms with E-state index in [4.69, 9.17) is 28.2 Å². The highest BCUT2D eigenvalue weighted by Gasteiger charge is 2.24. The summed E-state index contributed by atoms with van der Waals surface area (Å²) in [7, 11) is 0. The van der Waals surface area contributed by atoms with E-state index < -0.39 is 17.4 Å². The quantitative estimate of drug-likeness (QED) is 0.349. The first kappa shape index (κ1) is 20.4. The molecule has 4 heterocycles. The van der Waals surface area contributed by atoms with E-state index >= 15 is 0 Å². The van der Waals surface area contributed by atoms with Crippen molar-refractivity contribution in [1.82, 2.24) is 34.7 Å². The van der Waals surface area contributed by atoms with Gasteiger partial charge in [0, 0.05) is 12.3 Å². The summed E-state index contributed by atoms with van der Waals surface area (Å²) in [5.74, 6) is 0.506. The predicted molar refractivity (Wildman–Crippen MR) is 120 cm³/mol. The van der Waals surface area contributed by atoms with Gasteiger partial charge in [0.25, 0.3) is 5.56 Å². The Balaban J connectivity index is 1.76. The summed E-state index contributed by atoms with van der Waals surface area (Å²) in [5.41, 5.74) is 0.209. The largest absolute Gasteiger partial charge is 0.359 e. The molecule has 5 aromatic rings. The van der Waals surface area contributed by atoms with E-state index in [1.807, 2.05) is 6.92 Å². The van der Waals surface area contributed by atoms with Gasteiger partial charge in [-0.2, -0.15) is 5.10 Å². The molecule has 12 heteroatoms. The van der Waals surface area contributed by atoms with Gasteiger partial charge >= 0.3 is 0 Å². The molecule has 0 unspecified atom stereocenters. The van der Waals surface area contributed by atoms with Gasteiger partial charge in [-0.3, -0.25) is 9.89 Å². The molecule has 9 nitrogen and oxygen atoms in total. The van der Waals surface area contributed by atoms with Crippen molar-refractivity contribution in [3.63, 3.8) is 0 Å². The fourth-order valence-electron chi connectivity index (χ4n) is 3.62. The summed E-state index contributed by atoms with van der Waals surface area (Å²) in [5, 5.41) is 10.9. The molecule has 0 saturated carbocycles. The van der Waals surface area contributed by atoms with Crippen LogP contribution in [0.2, 0.25) is 10.0 Å². The zero-order valence-corrected chi connectivity index (χ0v) is 18.0. The van der Waals surface area contributed by atoms with Crippen LogP contribution in [0.4, 0.5) is 10.2 Å². The Morgan fingerprint density at radius 2 is 2.00 bits per heavy atom. The van der Waals surface area contributed by atoms with Crippen molar-refractivity contribution in [1.29, 1.82) is 0 Å². The summed E-state index contributed by atoms with van der Waals surface area (Å²) in [6.45, 7) is 1.90. The zero-order chi connectivity index (χ0) is 22.4. The minimum absolute atomic E-state index is 0.188. The van der Waals surface area contributed by atoms with Crippen LogP contribution < -0.4 is 10.9 Å². The lowest BCUT2D eigenvalue weighted by molar-refractivity contribution is 0.636. The van der Waals surface area contributed by atoms with Crippen molar-refractivity contribution in [3.8, 4) is 5.82 Å². The predicted octanol–water partition coefficient (Wildman–Crippen LogP) is 4.39. The number of nitrogens with one attached hydrogen (secondary N) is 3. The SMILES string of the molecule is CC[C@H](Nc1ncnc2[nH]cc(F)c12)c1nc2c(Cl)ccc(Cl)c2c(=O)n1-c1ccn[nH]1. The number of H-pyrrole nitrogens is 2. The molecule has 0 amide bonds. The number of hydrogen-bond donors (Lipinski definition) is 3. The zero-order valence-electron chi connectivity index (χ0n) is 16.5.